The first-order valence-electron chi connectivity index (χ1n) is 7.07. The minimum Gasteiger partial charge on any atom is -0.376 e. The van der Waals surface area contributed by atoms with Crippen LogP contribution in [0, 0.1) is 0 Å². The van der Waals surface area contributed by atoms with E-state index >= 15 is 0 Å². The van der Waals surface area contributed by atoms with Gasteiger partial charge in [-0.2, -0.15) is 0 Å². The molecule has 18 heavy (non-hydrogen) atoms. The van der Waals surface area contributed by atoms with Gasteiger partial charge in [0.05, 0.1) is 18.8 Å². The number of nitrogens with one attached hydrogen (secondary N) is 1. The van der Waals surface area contributed by atoms with E-state index in [1.165, 1.54) is 38.5 Å². The summed E-state index contributed by atoms with van der Waals surface area (Å²) in [6.45, 7) is 0.610. The fourth-order valence-corrected chi connectivity index (χ4v) is 2.77. The zero-order valence-corrected chi connectivity index (χ0v) is 10.9. The lowest BCUT2D eigenvalue weighted by atomic mass is 10.1. The second kappa shape index (κ2) is 7.07. The Hall–Kier alpha value is -0.650. The molecule has 2 atom stereocenters. The van der Waals surface area contributed by atoms with Crippen molar-refractivity contribution in [2.45, 2.75) is 69.7 Å². The summed E-state index contributed by atoms with van der Waals surface area (Å²) in [5.74, 6) is 4.87. The van der Waals surface area contributed by atoms with Gasteiger partial charge in [0.15, 0.2) is 0 Å². The summed E-state index contributed by atoms with van der Waals surface area (Å²) in [6.07, 6.45) is 9.21. The lowest BCUT2D eigenvalue weighted by molar-refractivity contribution is -0.134. The van der Waals surface area contributed by atoms with E-state index in [9.17, 15) is 4.79 Å². The topological polar surface area (TPSA) is 73.6 Å². The van der Waals surface area contributed by atoms with Gasteiger partial charge in [0.1, 0.15) is 6.10 Å². The molecule has 1 amide bonds. The summed E-state index contributed by atoms with van der Waals surface area (Å²) >= 11 is 0. The van der Waals surface area contributed by atoms with Crippen LogP contribution in [0.25, 0.3) is 0 Å². The van der Waals surface area contributed by atoms with Crippen LogP contribution in [0.5, 0.6) is 0 Å². The Morgan fingerprint density at radius 2 is 1.89 bits per heavy atom. The maximum absolute atomic E-state index is 11.3. The van der Waals surface area contributed by atoms with Crippen LogP contribution in [0.3, 0.4) is 0 Å². The molecule has 104 valence electrons. The average molecular weight is 256 g/mol. The number of carbonyl (C=O) groups excluding carboxylic acids is 1. The van der Waals surface area contributed by atoms with Gasteiger partial charge in [0, 0.05) is 0 Å². The molecule has 2 aliphatic rings. The van der Waals surface area contributed by atoms with Gasteiger partial charge in [-0.05, 0) is 25.7 Å². The third kappa shape index (κ3) is 3.93. The fraction of sp³-hybridized carbons (Fsp3) is 0.923. The number of hydrazine groups is 1. The van der Waals surface area contributed by atoms with Crippen LogP contribution < -0.4 is 11.3 Å². The standard InChI is InChI=1S/C13H24N2O3/c14-15-13(16)12-8-7-11(18-12)9-17-10-5-3-1-2-4-6-10/h10-12H,1-9,14H2,(H,15,16). The summed E-state index contributed by atoms with van der Waals surface area (Å²) in [6, 6.07) is 0. The van der Waals surface area contributed by atoms with Crippen molar-refractivity contribution in [3.63, 3.8) is 0 Å². The summed E-state index contributed by atoms with van der Waals surface area (Å²) < 4.78 is 11.5. The maximum Gasteiger partial charge on any atom is 0.263 e. The molecule has 0 aromatic rings. The Labute approximate surface area is 108 Å². The zero-order chi connectivity index (χ0) is 12.8. The van der Waals surface area contributed by atoms with Crippen LogP contribution in [-0.4, -0.2) is 30.8 Å². The van der Waals surface area contributed by atoms with Gasteiger partial charge in [-0.1, -0.05) is 25.7 Å². The van der Waals surface area contributed by atoms with Gasteiger partial charge >= 0.3 is 0 Å². The van der Waals surface area contributed by atoms with Crippen molar-refractivity contribution in [1.82, 2.24) is 5.43 Å². The van der Waals surface area contributed by atoms with Gasteiger partial charge in [-0.25, -0.2) is 5.84 Å². The molecule has 0 aromatic heterocycles. The van der Waals surface area contributed by atoms with Gasteiger partial charge in [-0.15, -0.1) is 0 Å². The maximum atomic E-state index is 11.3. The summed E-state index contributed by atoms with van der Waals surface area (Å²) in [7, 11) is 0. The Morgan fingerprint density at radius 1 is 1.17 bits per heavy atom. The van der Waals surface area contributed by atoms with Gasteiger partial charge in [0.25, 0.3) is 5.91 Å². The first-order valence-corrected chi connectivity index (χ1v) is 7.07. The van der Waals surface area contributed by atoms with E-state index in [0.717, 1.165) is 12.8 Å². The highest BCUT2D eigenvalue weighted by molar-refractivity contribution is 5.80. The second-order valence-electron chi connectivity index (χ2n) is 5.28. The van der Waals surface area contributed by atoms with E-state index in [-0.39, 0.29) is 12.0 Å². The summed E-state index contributed by atoms with van der Waals surface area (Å²) in [4.78, 5) is 11.3. The number of hydrogen-bond acceptors (Lipinski definition) is 4. The lowest BCUT2D eigenvalue weighted by Crippen LogP contribution is -2.39. The molecular formula is C13H24N2O3. The average Bonchev–Trinajstić information content (AvgIpc) is 2.71. The first kappa shape index (κ1) is 13.8. The van der Waals surface area contributed by atoms with Crippen molar-refractivity contribution in [1.29, 1.82) is 0 Å². The van der Waals surface area contributed by atoms with Crippen molar-refractivity contribution in [2.24, 2.45) is 5.84 Å². The molecule has 2 rings (SSSR count). The fourth-order valence-electron chi connectivity index (χ4n) is 2.77. The lowest BCUT2D eigenvalue weighted by Gasteiger charge is -2.18. The highest BCUT2D eigenvalue weighted by Gasteiger charge is 2.30. The molecule has 0 radical (unpaired) electrons. The van der Waals surface area contributed by atoms with Crippen LogP contribution in [-0.2, 0) is 14.3 Å². The minimum absolute atomic E-state index is 0.0514. The van der Waals surface area contributed by atoms with Crippen LogP contribution >= 0.6 is 0 Å². The molecule has 5 heteroatoms. The molecule has 1 saturated heterocycles. The quantitative estimate of drug-likeness (QED) is 0.344. The molecule has 0 spiro atoms. The normalized spacial score (nSPS) is 30.1. The summed E-state index contributed by atoms with van der Waals surface area (Å²) in [5, 5.41) is 0. The molecule has 2 unspecified atom stereocenters. The van der Waals surface area contributed by atoms with Gasteiger partial charge in [-0.3, -0.25) is 10.2 Å². The Bertz CT molecular complexity index is 265. The molecule has 3 N–H and O–H groups in total. The van der Waals surface area contributed by atoms with E-state index in [0.29, 0.717) is 12.7 Å². The van der Waals surface area contributed by atoms with Gasteiger partial charge in [0.2, 0.25) is 0 Å². The molecule has 1 aliphatic heterocycles. The van der Waals surface area contributed by atoms with Crippen LogP contribution in [0.1, 0.15) is 51.4 Å². The van der Waals surface area contributed by atoms with Gasteiger partial charge < -0.3 is 9.47 Å². The van der Waals surface area contributed by atoms with E-state index in [1.807, 2.05) is 0 Å². The molecule has 1 heterocycles. The highest BCUT2D eigenvalue weighted by atomic mass is 16.5. The Morgan fingerprint density at radius 3 is 2.56 bits per heavy atom. The minimum atomic E-state index is -0.391. The Kier molecular flexibility index (Phi) is 5.41. The third-order valence-electron chi connectivity index (χ3n) is 3.86. The van der Waals surface area contributed by atoms with Crippen LogP contribution in [0.15, 0.2) is 0 Å². The van der Waals surface area contributed by atoms with E-state index in [4.69, 9.17) is 15.3 Å². The number of hydrogen-bond donors (Lipinski definition) is 2. The van der Waals surface area contributed by atoms with Crippen molar-refractivity contribution >= 4 is 5.91 Å². The van der Waals surface area contributed by atoms with E-state index in [1.54, 1.807) is 0 Å². The third-order valence-corrected chi connectivity index (χ3v) is 3.86. The first-order chi connectivity index (χ1) is 8.79. The molecule has 2 fully saturated rings. The number of amides is 1. The highest BCUT2D eigenvalue weighted by Crippen LogP contribution is 2.23. The second-order valence-corrected chi connectivity index (χ2v) is 5.28. The van der Waals surface area contributed by atoms with Crippen molar-refractivity contribution in [3.05, 3.63) is 0 Å². The van der Waals surface area contributed by atoms with Crippen molar-refractivity contribution in [2.75, 3.05) is 6.61 Å². The number of nitrogens with two attached hydrogens (primary N) is 1. The zero-order valence-electron chi connectivity index (χ0n) is 10.9. The monoisotopic (exact) mass is 256 g/mol. The van der Waals surface area contributed by atoms with Crippen molar-refractivity contribution < 1.29 is 14.3 Å². The molecule has 1 aliphatic carbocycles. The van der Waals surface area contributed by atoms with E-state index < -0.39 is 6.10 Å². The predicted molar refractivity (Wildman–Crippen MR) is 67.7 cm³/mol. The van der Waals surface area contributed by atoms with Crippen LogP contribution in [0.4, 0.5) is 0 Å². The number of carbonyl (C=O) groups is 1. The van der Waals surface area contributed by atoms with Crippen LogP contribution in [0.2, 0.25) is 0 Å². The van der Waals surface area contributed by atoms with Crippen molar-refractivity contribution in [3.8, 4) is 0 Å². The largest absolute Gasteiger partial charge is 0.376 e. The predicted octanol–water partition coefficient (Wildman–Crippen LogP) is 1.26. The van der Waals surface area contributed by atoms with E-state index in [2.05, 4.69) is 5.43 Å². The molecule has 0 bridgehead atoms. The smallest absolute Gasteiger partial charge is 0.263 e. The molecular weight excluding hydrogens is 232 g/mol. The molecule has 5 nitrogen and oxygen atoms in total. The SMILES string of the molecule is NNC(=O)C1CCC(COC2CCCCCC2)O1. The number of ether oxygens (including phenoxy) is 2. The molecule has 1 saturated carbocycles. The number of rotatable bonds is 4. The Balaban J connectivity index is 1.66. The molecule has 0 aromatic carbocycles. The summed E-state index contributed by atoms with van der Waals surface area (Å²) in [5.41, 5.74) is 2.14.